The number of hydrogen-bond donors (Lipinski definition) is 0. The van der Waals surface area contributed by atoms with Crippen LogP contribution in [0.3, 0.4) is 0 Å². The predicted molar refractivity (Wildman–Crippen MR) is 224 cm³/mol. The summed E-state index contributed by atoms with van der Waals surface area (Å²) < 4.78 is 12.6. The lowest BCUT2D eigenvalue weighted by Gasteiger charge is -2.17. The standard InChI is InChI=1S/C42H18S6/c1-4-10-25-19(7-1)28-31-34(37-22(13-16-43-37)40(28)46-25)32-29-20-8-2-6-12-27(20)48-42(29)24-15-18-45-39(24)36(32)33-30-21-9-3-5-11-26(21)47-41(30)23-14-17-44-38(23)35(31)33/h1-18H. The van der Waals surface area contributed by atoms with Crippen molar-refractivity contribution in [1.29, 1.82) is 0 Å². The van der Waals surface area contributed by atoms with Crippen molar-refractivity contribution in [1.82, 2.24) is 0 Å². The van der Waals surface area contributed by atoms with Gasteiger partial charge in [0.05, 0.1) is 0 Å². The molecule has 13 rings (SSSR count). The molecule has 0 aliphatic carbocycles. The summed E-state index contributed by atoms with van der Waals surface area (Å²) in [7, 11) is 0. The molecule has 0 bridgehead atoms. The Labute approximate surface area is 295 Å². The first-order chi connectivity index (χ1) is 23.8. The van der Waals surface area contributed by atoms with Crippen LogP contribution in [0.1, 0.15) is 0 Å². The van der Waals surface area contributed by atoms with Gasteiger partial charge in [-0.05, 0) is 52.5 Å². The van der Waals surface area contributed by atoms with Gasteiger partial charge in [-0.25, -0.2) is 0 Å². The summed E-state index contributed by atoms with van der Waals surface area (Å²) in [5, 5.41) is 28.2. The lowest BCUT2D eigenvalue weighted by Crippen LogP contribution is -1.88. The zero-order chi connectivity index (χ0) is 30.8. The summed E-state index contributed by atoms with van der Waals surface area (Å²) >= 11 is 11.7. The van der Waals surface area contributed by atoms with Crippen molar-refractivity contribution in [3.8, 4) is 0 Å². The van der Waals surface area contributed by atoms with Gasteiger partial charge in [0.1, 0.15) is 0 Å². The smallest absolute Gasteiger partial charge is 0.0448 e. The Morgan fingerprint density at radius 1 is 0.250 bits per heavy atom. The number of rotatable bonds is 0. The number of benzene rings is 7. The van der Waals surface area contributed by atoms with E-state index in [1.807, 2.05) is 68.0 Å². The molecule has 0 aliphatic rings. The Kier molecular flexibility index (Phi) is 4.79. The second kappa shape index (κ2) is 8.90. The molecule has 0 unspecified atom stereocenters. The van der Waals surface area contributed by atoms with E-state index < -0.39 is 0 Å². The van der Waals surface area contributed by atoms with Gasteiger partial charge in [-0.3, -0.25) is 0 Å². The van der Waals surface area contributed by atoms with Crippen LogP contribution in [0.25, 0.3) is 123 Å². The topological polar surface area (TPSA) is 0 Å². The monoisotopic (exact) mass is 714 g/mol. The highest BCUT2D eigenvalue weighted by molar-refractivity contribution is 7.30. The third-order valence-corrected chi connectivity index (χ3v) is 16.9. The van der Waals surface area contributed by atoms with Crippen LogP contribution < -0.4 is 0 Å². The summed E-state index contributed by atoms with van der Waals surface area (Å²) in [6, 6.07) is 34.5. The van der Waals surface area contributed by atoms with Crippen molar-refractivity contribution < 1.29 is 0 Å². The molecule has 0 fully saturated rings. The average molecular weight is 715 g/mol. The molecular weight excluding hydrogens is 697 g/mol. The molecule has 0 N–H and O–H groups in total. The first-order valence-electron chi connectivity index (χ1n) is 15.9. The zero-order valence-corrected chi connectivity index (χ0v) is 29.7. The Balaban J connectivity index is 1.56. The van der Waals surface area contributed by atoms with Gasteiger partial charge >= 0.3 is 0 Å². The van der Waals surface area contributed by atoms with E-state index in [2.05, 4.69) is 107 Å². The van der Waals surface area contributed by atoms with Crippen molar-refractivity contribution in [2.75, 3.05) is 0 Å². The Morgan fingerprint density at radius 2 is 0.562 bits per heavy atom. The fraction of sp³-hybridized carbons (Fsp3) is 0. The van der Waals surface area contributed by atoms with Crippen LogP contribution in [0, 0.1) is 0 Å². The molecule has 0 amide bonds. The van der Waals surface area contributed by atoms with E-state index in [0.29, 0.717) is 0 Å². The highest BCUT2D eigenvalue weighted by atomic mass is 32.1. The SMILES string of the molecule is c1ccc2c(c1)sc1c3ccsc3c3c(c21)c1c2sccc2c2sc4ccccc4c2c1c1c2sccc2c2sc4ccccc4c2c31. The molecule has 6 heteroatoms. The van der Waals surface area contributed by atoms with Crippen LogP contribution in [0.4, 0.5) is 0 Å². The second-order valence-corrected chi connectivity index (χ2v) is 18.6. The van der Waals surface area contributed by atoms with E-state index in [1.165, 1.54) is 123 Å². The largest absolute Gasteiger partial charge is 0.143 e. The minimum Gasteiger partial charge on any atom is -0.143 e. The molecular formula is C42H18S6. The fourth-order valence-electron chi connectivity index (χ4n) is 8.68. The lowest BCUT2D eigenvalue weighted by molar-refractivity contribution is 1.87. The summed E-state index contributed by atoms with van der Waals surface area (Å²) in [5.74, 6) is 0. The van der Waals surface area contributed by atoms with E-state index in [1.54, 1.807) is 0 Å². The number of hydrogen-bond acceptors (Lipinski definition) is 6. The van der Waals surface area contributed by atoms with Crippen LogP contribution in [0.15, 0.2) is 107 Å². The molecule has 48 heavy (non-hydrogen) atoms. The van der Waals surface area contributed by atoms with Gasteiger partial charge < -0.3 is 0 Å². The third-order valence-electron chi connectivity index (χ3n) is 10.4. The molecule has 0 saturated heterocycles. The van der Waals surface area contributed by atoms with E-state index in [0.717, 1.165) is 0 Å². The van der Waals surface area contributed by atoms with E-state index in [4.69, 9.17) is 0 Å². The van der Waals surface area contributed by atoms with E-state index in [9.17, 15) is 0 Å². The predicted octanol–water partition coefficient (Wildman–Crippen LogP) is 15.9. The first-order valence-corrected chi connectivity index (χ1v) is 21.0. The van der Waals surface area contributed by atoms with Crippen LogP contribution in [0.2, 0.25) is 0 Å². The van der Waals surface area contributed by atoms with Crippen molar-refractivity contribution in [2.24, 2.45) is 0 Å². The third kappa shape index (κ3) is 2.91. The molecule has 6 aromatic heterocycles. The van der Waals surface area contributed by atoms with Gasteiger partial charge in [-0.1, -0.05) is 54.6 Å². The zero-order valence-electron chi connectivity index (χ0n) is 24.8. The average Bonchev–Trinajstić information content (AvgIpc) is 3.97. The molecule has 0 spiro atoms. The normalized spacial score (nSPS) is 13.0. The molecule has 0 saturated carbocycles. The molecule has 222 valence electrons. The van der Waals surface area contributed by atoms with Gasteiger partial charge in [-0.2, -0.15) is 0 Å². The number of fused-ring (bicyclic) bond motifs is 27. The quantitative estimate of drug-likeness (QED) is 0.137. The second-order valence-electron chi connectivity index (χ2n) is 12.6. The maximum absolute atomic E-state index is 2.39. The van der Waals surface area contributed by atoms with Gasteiger partial charge in [-0.15, -0.1) is 68.0 Å². The van der Waals surface area contributed by atoms with Crippen molar-refractivity contribution in [2.45, 2.75) is 0 Å². The fourth-order valence-corrected chi connectivity index (χ4v) is 15.5. The Morgan fingerprint density at radius 3 is 0.896 bits per heavy atom. The number of thiophene rings is 6. The maximum atomic E-state index is 2.39. The van der Waals surface area contributed by atoms with E-state index >= 15 is 0 Å². The van der Waals surface area contributed by atoms with Crippen LogP contribution in [0.5, 0.6) is 0 Å². The molecule has 0 aliphatic heterocycles. The minimum absolute atomic E-state index is 1.37. The minimum atomic E-state index is 1.37. The molecule has 0 atom stereocenters. The summed E-state index contributed by atoms with van der Waals surface area (Å²) in [6.45, 7) is 0. The highest BCUT2D eigenvalue weighted by Crippen LogP contribution is 2.58. The maximum Gasteiger partial charge on any atom is 0.0448 e. The summed E-state index contributed by atoms with van der Waals surface area (Å²) in [6.07, 6.45) is 0. The highest BCUT2D eigenvalue weighted by Gasteiger charge is 2.28. The van der Waals surface area contributed by atoms with Gasteiger partial charge in [0.15, 0.2) is 0 Å². The first kappa shape index (κ1) is 25.8. The molecule has 6 heterocycles. The lowest BCUT2D eigenvalue weighted by atomic mass is 9.86. The van der Waals surface area contributed by atoms with Crippen LogP contribution in [-0.4, -0.2) is 0 Å². The van der Waals surface area contributed by atoms with Crippen molar-refractivity contribution in [3.05, 3.63) is 107 Å². The van der Waals surface area contributed by atoms with Crippen LogP contribution >= 0.6 is 68.0 Å². The van der Waals surface area contributed by atoms with E-state index in [-0.39, 0.29) is 0 Å². The van der Waals surface area contributed by atoms with Gasteiger partial charge in [0, 0.05) is 123 Å². The summed E-state index contributed by atoms with van der Waals surface area (Å²) in [5.41, 5.74) is 0. The molecule has 0 radical (unpaired) electrons. The molecule has 0 nitrogen and oxygen atoms in total. The summed E-state index contributed by atoms with van der Waals surface area (Å²) in [4.78, 5) is 0. The van der Waals surface area contributed by atoms with Gasteiger partial charge in [0.25, 0.3) is 0 Å². The van der Waals surface area contributed by atoms with Gasteiger partial charge in [0.2, 0.25) is 0 Å². The Hall–Kier alpha value is -4.14. The molecule has 13 aromatic rings. The van der Waals surface area contributed by atoms with Crippen molar-refractivity contribution in [3.63, 3.8) is 0 Å². The molecule has 7 aromatic carbocycles. The Bertz CT molecular complexity index is 3170. The van der Waals surface area contributed by atoms with Crippen LogP contribution in [-0.2, 0) is 0 Å². The van der Waals surface area contributed by atoms with Crippen molar-refractivity contribution >= 4 is 191 Å².